The number of terminal acetylenes is 3. The molecule has 1 aromatic carbocycles. The van der Waals surface area contributed by atoms with Crippen molar-refractivity contribution in [3.8, 4) is 54.3 Å². The van der Waals surface area contributed by atoms with Crippen LogP contribution in [0.4, 0.5) is 0 Å². The van der Waals surface area contributed by atoms with E-state index in [1.54, 1.807) is 12.1 Å². The predicted molar refractivity (Wildman–Crippen MR) is 121 cm³/mol. The van der Waals surface area contributed by atoms with Crippen molar-refractivity contribution in [1.29, 1.82) is 0 Å². The van der Waals surface area contributed by atoms with Gasteiger partial charge in [0.15, 0.2) is 17.3 Å². The van der Waals surface area contributed by atoms with Gasteiger partial charge in [0.2, 0.25) is 5.75 Å². The smallest absolute Gasteiger partial charge is 0.203 e. The Hall–Kier alpha value is -3.03. The molecule has 0 bridgehead atoms. The molecule has 160 valence electrons. The van der Waals surface area contributed by atoms with E-state index in [2.05, 4.69) is 17.8 Å². The van der Waals surface area contributed by atoms with Gasteiger partial charge < -0.3 is 14.2 Å². The minimum absolute atomic E-state index is 0.0649. The van der Waals surface area contributed by atoms with Gasteiger partial charge in [-0.1, -0.05) is 0 Å². The van der Waals surface area contributed by atoms with Crippen molar-refractivity contribution in [3.63, 3.8) is 0 Å². The van der Waals surface area contributed by atoms with E-state index in [-0.39, 0.29) is 5.78 Å². The lowest BCUT2D eigenvalue weighted by Crippen LogP contribution is -2.08. The summed E-state index contributed by atoms with van der Waals surface area (Å²) in [5.41, 5.74) is 0.520. The van der Waals surface area contributed by atoms with Crippen LogP contribution in [-0.4, -0.2) is 25.6 Å². The summed E-state index contributed by atoms with van der Waals surface area (Å²) in [5, 5.41) is 0. The fraction of sp³-hybridized carbons (Fsp3) is 0.500. The van der Waals surface area contributed by atoms with Crippen LogP contribution in [0.25, 0.3) is 0 Å². The molecule has 0 amide bonds. The van der Waals surface area contributed by atoms with Gasteiger partial charge in [-0.3, -0.25) is 4.79 Å². The number of carbonyl (C=O) groups is 1. The van der Waals surface area contributed by atoms with E-state index in [4.69, 9.17) is 33.5 Å². The number of ether oxygens (including phenoxy) is 3. The Labute approximate surface area is 181 Å². The second kappa shape index (κ2) is 15.8. The monoisotopic (exact) mass is 408 g/mol. The lowest BCUT2D eigenvalue weighted by Gasteiger charge is -2.18. The lowest BCUT2D eigenvalue weighted by molar-refractivity contribution is 0.101. The molecule has 0 fully saturated rings. The molecule has 4 nitrogen and oxygen atoms in total. The Morgan fingerprint density at radius 1 is 0.733 bits per heavy atom. The summed E-state index contributed by atoms with van der Waals surface area (Å²) < 4.78 is 17.9. The molecular formula is C26H32O4. The van der Waals surface area contributed by atoms with Gasteiger partial charge in [-0.25, -0.2) is 0 Å². The van der Waals surface area contributed by atoms with E-state index in [0.29, 0.717) is 61.9 Å². The fourth-order valence-corrected chi connectivity index (χ4v) is 2.66. The van der Waals surface area contributed by atoms with E-state index in [0.717, 1.165) is 38.5 Å². The first-order chi connectivity index (χ1) is 14.6. The standard InChI is InChI=1S/C26H32O4/c1-5-8-11-14-17-28-24-20-23(22(4)27)21-25(29-18-15-12-9-6-2)26(24)30-19-16-13-10-7-3/h1-3,20-21H,8-19H2,4H3. The maximum Gasteiger partial charge on any atom is 0.203 e. The molecule has 0 saturated heterocycles. The van der Waals surface area contributed by atoms with Gasteiger partial charge in [-0.15, -0.1) is 37.0 Å². The molecule has 0 aliphatic carbocycles. The molecule has 0 aliphatic heterocycles. The summed E-state index contributed by atoms with van der Waals surface area (Å²) in [5.74, 6) is 9.36. The van der Waals surface area contributed by atoms with Crippen LogP contribution in [0.2, 0.25) is 0 Å². The largest absolute Gasteiger partial charge is 0.490 e. The number of Topliss-reactive ketones (excluding diaryl/α,β-unsaturated/α-hetero) is 1. The Bertz CT molecular complexity index is 729. The van der Waals surface area contributed by atoms with Gasteiger partial charge >= 0.3 is 0 Å². The van der Waals surface area contributed by atoms with Crippen LogP contribution >= 0.6 is 0 Å². The summed E-state index contributed by atoms with van der Waals surface area (Å²) in [6.45, 7) is 2.97. The molecule has 0 saturated carbocycles. The van der Waals surface area contributed by atoms with Crippen LogP contribution in [0.1, 0.15) is 75.1 Å². The maximum atomic E-state index is 12.0. The van der Waals surface area contributed by atoms with Gasteiger partial charge in [0.05, 0.1) is 19.8 Å². The highest BCUT2D eigenvalue weighted by atomic mass is 16.5. The molecule has 0 aromatic heterocycles. The van der Waals surface area contributed by atoms with Gasteiger partial charge in [0.1, 0.15) is 0 Å². The fourth-order valence-electron chi connectivity index (χ4n) is 2.66. The molecule has 0 radical (unpaired) electrons. The Kier molecular flexibility index (Phi) is 13.2. The van der Waals surface area contributed by atoms with Crippen molar-refractivity contribution in [2.45, 2.75) is 64.7 Å². The zero-order valence-electron chi connectivity index (χ0n) is 18.0. The van der Waals surface area contributed by atoms with Gasteiger partial charge in [-0.05, 0) is 57.6 Å². The molecule has 0 unspecified atom stereocenters. The molecule has 0 aliphatic rings. The Morgan fingerprint density at radius 3 is 1.50 bits per heavy atom. The van der Waals surface area contributed by atoms with E-state index < -0.39 is 0 Å². The number of ketones is 1. The van der Waals surface area contributed by atoms with Crippen LogP contribution in [-0.2, 0) is 0 Å². The van der Waals surface area contributed by atoms with Crippen molar-refractivity contribution in [3.05, 3.63) is 17.7 Å². The summed E-state index contributed by atoms with van der Waals surface area (Å²) >= 11 is 0. The second-order valence-electron chi connectivity index (χ2n) is 6.89. The van der Waals surface area contributed by atoms with Crippen LogP contribution in [0.5, 0.6) is 17.2 Å². The number of benzene rings is 1. The third-order valence-corrected chi connectivity index (χ3v) is 4.34. The van der Waals surface area contributed by atoms with Gasteiger partial charge in [0.25, 0.3) is 0 Å². The average Bonchev–Trinajstić information content (AvgIpc) is 2.74. The van der Waals surface area contributed by atoms with E-state index in [1.807, 2.05) is 0 Å². The van der Waals surface area contributed by atoms with Crippen LogP contribution in [0.15, 0.2) is 12.1 Å². The zero-order chi connectivity index (χ0) is 22.0. The normalized spacial score (nSPS) is 9.80. The van der Waals surface area contributed by atoms with Crippen molar-refractivity contribution in [1.82, 2.24) is 0 Å². The third kappa shape index (κ3) is 9.95. The minimum Gasteiger partial charge on any atom is -0.490 e. The number of carbonyl (C=O) groups excluding carboxylic acids is 1. The second-order valence-corrected chi connectivity index (χ2v) is 6.89. The SMILES string of the molecule is C#CCCCCOc1cc(C(C)=O)cc(OCCCCC#C)c1OCCCCC#C. The third-order valence-electron chi connectivity index (χ3n) is 4.34. The minimum atomic E-state index is -0.0649. The number of unbranched alkanes of at least 4 members (excludes halogenated alkanes) is 6. The summed E-state index contributed by atoms with van der Waals surface area (Å²) in [7, 11) is 0. The molecule has 0 atom stereocenters. The highest BCUT2D eigenvalue weighted by molar-refractivity contribution is 5.95. The van der Waals surface area contributed by atoms with Crippen molar-refractivity contribution in [2.24, 2.45) is 0 Å². The zero-order valence-corrected chi connectivity index (χ0v) is 18.0. The van der Waals surface area contributed by atoms with Crippen molar-refractivity contribution >= 4 is 5.78 Å². The first kappa shape index (κ1) is 25.0. The van der Waals surface area contributed by atoms with Crippen LogP contribution in [0.3, 0.4) is 0 Å². The quantitative estimate of drug-likeness (QED) is 0.208. The van der Waals surface area contributed by atoms with Crippen LogP contribution < -0.4 is 14.2 Å². The first-order valence-corrected chi connectivity index (χ1v) is 10.5. The lowest BCUT2D eigenvalue weighted by atomic mass is 10.1. The molecule has 30 heavy (non-hydrogen) atoms. The van der Waals surface area contributed by atoms with Gasteiger partial charge in [0, 0.05) is 24.8 Å². The molecule has 1 aromatic rings. The summed E-state index contributed by atoms with van der Waals surface area (Å²) in [6.07, 6.45) is 23.1. The Morgan fingerprint density at radius 2 is 1.13 bits per heavy atom. The molecule has 0 heterocycles. The highest BCUT2D eigenvalue weighted by Gasteiger charge is 2.17. The average molecular weight is 409 g/mol. The topological polar surface area (TPSA) is 44.8 Å². The number of rotatable bonds is 16. The predicted octanol–water partition coefficient (Wildman–Crippen LogP) is 5.44. The highest BCUT2D eigenvalue weighted by Crippen LogP contribution is 2.39. The number of hydrogen-bond acceptors (Lipinski definition) is 4. The maximum absolute atomic E-state index is 12.0. The molecule has 1 rings (SSSR count). The molecule has 0 spiro atoms. The van der Waals surface area contributed by atoms with Crippen molar-refractivity contribution in [2.75, 3.05) is 19.8 Å². The van der Waals surface area contributed by atoms with E-state index in [9.17, 15) is 4.79 Å². The van der Waals surface area contributed by atoms with Crippen molar-refractivity contribution < 1.29 is 19.0 Å². The van der Waals surface area contributed by atoms with Crippen LogP contribution in [0, 0.1) is 37.0 Å². The molecule has 4 heteroatoms. The summed E-state index contributed by atoms with van der Waals surface area (Å²) in [4.78, 5) is 12.0. The number of hydrogen-bond donors (Lipinski definition) is 0. The van der Waals surface area contributed by atoms with E-state index in [1.165, 1.54) is 6.92 Å². The first-order valence-electron chi connectivity index (χ1n) is 10.5. The van der Waals surface area contributed by atoms with Gasteiger partial charge in [-0.2, -0.15) is 0 Å². The molecular weight excluding hydrogens is 376 g/mol. The Balaban J connectivity index is 2.96. The summed E-state index contributed by atoms with van der Waals surface area (Å²) in [6, 6.07) is 3.43. The van der Waals surface area contributed by atoms with E-state index >= 15 is 0 Å². The molecule has 0 N–H and O–H groups in total.